The first-order valence-electron chi connectivity index (χ1n) is 4.04. The molecule has 0 unspecified atom stereocenters. The van der Waals surface area contributed by atoms with Crippen molar-refractivity contribution in [2.75, 3.05) is 6.61 Å². The normalized spacial score (nSPS) is 15.6. The van der Waals surface area contributed by atoms with Crippen molar-refractivity contribution in [1.82, 2.24) is 0 Å². The molecule has 0 aliphatic carbocycles. The molecule has 0 fully saturated rings. The minimum Gasteiger partial charge on any atom is -0.790 e. The largest absolute Gasteiger partial charge is 1.00 e. The van der Waals surface area contributed by atoms with E-state index < -0.39 is 38.3 Å². The van der Waals surface area contributed by atoms with Gasteiger partial charge in [-0.2, -0.15) is 0 Å². The van der Waals surface area contributed by atoms with Crippen molar-refractivity contribution in [3.8, 4) is 0 Å². The van der Waals surface area contributed by atoms with Crippen molar-refractivity contribution in [2.45, 2.75) is 18.3 Å². The van der Waals surface area contributed by atoms with Gasteiger partial charge in [0.25, 0.3) is 0 Å². The molecule has 0 aromatic rings. The zero-order chi connectivity index (χ0) is 12.9. The molecule has 0 radical (unpaired) electrons. The summed E-state index contributed by atoms with van der Waals surface area (Å²) in [5, 5.41) is 27.3. The van der Waals surface area contributed by atoms with Crippen molar-refractivity contribution in [3.05, 3.63) is 12.2 Å². The Morgan fingerprint density at radius 3 is 2.11 bits per heavy atom. The standard InChI is InChI=1S/C7H13O8P.2Na/c1-4(5(9)2-8)7(11)6(10)3-15-16(12,13)14;;/h2,5-7,9-11H,1,3H2,(H2,12,13,14);;/q;2*+1/p-2/t5-,6+,7-;;/m0../s1. The maximum atomic E-state index is 10.1. The van der Waals surface area contributed by atoms with Gasteiger partial charge in [-0.3, -0.25) is 0 Å². The van der Waals surface area contributed by atoms with Gasteiger partial charge >= 0.3 is 59.1 Å². The first-order chi connectivity index (χ1) is 7.19. The van der Waals surface area contributed by atoms with Crippen LogP contribution in [0.3, 0.4) is 0 Å². The number of carbonyl (C=O) groups is 1. The van der Waals surface area contributed by atoms with E-state index in [1.807, 2.05) is 0 Å². The van der Waals surface area contributed by atoms with Gasteiger partial charge < -0.3 is 39.0 Å². The molecule has 0 amide bonds. The second-order valence-corrected chi connectivity index (χ2v) is 4.06. The number of aliphatic hydroxyl groups excluding tert-OH is 3. The van der Waals surface area contributed by atoms with Gasteiger partial charge in [0.05, 0.1) is 14.4 Å². The van der Waals surface area contributed by atoms with E-state index in [1.54, 1.807) is 0 Å². The number of carbonyl (C=O) groups excluding carboxylic acids is 1. The number of hydrogen-bond donors (Lipinski definition) is 3. The molecule has 0 aromatic heterocycles. The van der Waals surface area contributed by atoms with Crippen LogP contribution < -0.4 is 68.9 Å². The molecule has 0 saturated heterocycles. The fourth-order valence-electron chi connectivity index (χ4n) is 0.768. The maximum absolute atomic E-state index is 10.1. The molecule has 3 atom stereocenters. The van der Waals surface area contributed by atoms with Crippen LogP contribution >= 0.6 is 7.82 Å². The second-order valence-electron chi connectivity index (χ2n) is 2.91. The Hall–Kier alpha value is 1.40. The zero-order valence-electron chi connectivity index (χ0n) is 10.1. The smallest absolute Gasteiger partial charge is 0.790 e. The van der Waals surface area contributed by atoms with Crippen LogP contribution in [0.15, 0.2) is 12.2 Å². The van der Waals surface area contributed by atoms with Crippen LogP contribution in [0.25, 0.3) is 0 Å². The summed E-state index contributed by atoms with van der Waals surface area (Å²) in [4.78, 5) is 30.2. The molecular formula is C7H11Na2O8P. The Labute approximate surface area is 148 Å². The third-order valence-corrected chi connectivity index (χ3v) is 2.12. The quantitative estimate of drug-likeness (QED) is 0.181. The van der Waals surface area contributed by atoms with Crippen molar-refractivity contribution in [3.63, 3.8) is 0 Å². The monoisotopic (exact) mass is 300 g/mol. The maximum Gasteiger partial charge on any atom is 1.00 e. The number of aldehydes is 1. The third-order valence-electron chi connectivity index (χ3n) is 1.66. The Bertz CT molecular complexity index is 306. The zero-order valence-corrected chi connectivity index (χ0v) is 14.9. The van der Waals surface area contributed by atoms with Crippen LogP contribution in [0.4, 0.5) is 0 Å². The first-order valence-corrected chi connectivity index (χ1v) is 5.50. The van der Waals surface area contributed by atoms with Gasteiger partial charge in [-0.15, -0.1) is 0 Å². The number of phosphoric ester groups is 1. The van der Waals surface area contributed by atoms with Gasteiger partial charge in [0.2, 0.25) is 0 Å². The molecule has 0 saturated carbocycles. The Balaban J connectivity index is -0.00000112. The van der Waals surface area contributed by atoms with E-state index in [-0.39, 0.29) is 65.4 Å². The molecule has 0 aliphatic rings. The van der Waals surface area contributed by atoms with E-state index in [4.69, 9.17) is 10.2 Å². The van der Waals surface area contributed by atoms with Crippen LogP contribution in [0.5, 0.6) is 0 Å². The average Bonchev–Trinajstić information content (AvgIpc) is 2.21. The third kappa shape index (κ3) is 10.2. The summed E-state index contributed by atoms with van der Waals surface area (Å²) < 4.78 is 13.7. The molecule has 0 rings (SSSR count). The topological polar surface area (TPSA) is 150 Å². The molecule has 0 heterocycles. The average molecular weight is 300 g/mol. The molecular weight excluding hydrogens is 289 g/mol. The Kier molecular flexibility index (Phi) is 15.1. The molecule has 0 bridgehead atoms. The summed E-state index contributed by atoms with van der Waals surface area (Å²) in [6, 6.07) is 0. The second kappa shape index (κ2) is 11.1. The predicted octanol–water partition coefficient (Wildman–Crippen LogP) is -9.32. The van der Waals surface area contributed by atoms with E-state index in [0.717, 1.165) is 0 Å². The molecule has 0 spiro atoms. The van der Waals surface area contributed by atoms with Crippen LogP contribution in [0.2, 0.25) is 0 Å². The number of phosphoric acid groups is 1. The van der Waals surface area contributed by atoms with Crippen LogP contribution in [0.1, 0.15) is 0 Å². The molecule has 18 heavy (non-hydrogen) atoms. The van der Waals surface area contributed by atoms with Crippen molar-refractivity contribution >= 4 is 14.1 Å². The van der Waals surface area contributed by atoms with E-state index in [2.05, 4.69) is 11.1 Å². The number of rotatable bonds is 7. The van der Waals surface area contributed by atoms with Crippen LogP contribution in [-0.2, 0) is 13.9 Å². The van der Waals surface area contributed by atoms with Gasteiger partial charge in [0, 0.05) is 0 Å². The van der Waals surface area contributed by atoms with E-state index in [1.165, 1.54) is 0 Å². The summed E-state index contributed by atoms with van der Waals surface area (Å²) in [6.07, 6.45) is -5.22. The van der Waals surface area contributed by atoms with Gasteiger partial charge in [-0.1, -0.05) is 6.58 Å². The summed E-state index contributed by atoms with van der Waals surface area (Å²) in [7, 11) is -5.25. The molecule has 0 aliphatic heterocycles. The van der Waals surface area contributed by atoms with Crippen LogP contribution in [-0.4, -0.2) is 46.5 Å². The van der Waals surface area contributed by atoms with E-state index in [9.17, 15) is 24.3 Å². The first kappa shape index (κ1) is 24.4. The number of hydrogen-bond acceptors (Lipinski definition) is 8. The fourth-order valence-corrected chi connectivity index (χ4v) is 1.10. The molecule has 3 N–H and O–H groups in total. The fraction of sp³-hybridized carbons (Fsp3) is 0.571. The Morgan fingerprint density at radius 1 is 1.33 bits per heavy atom. The van der Waals surface area contributed by atoms with Crippen molar-refractivity contribution in [2.24, 2.45) is 0 Å². The molecule has 11 heteroatoms. The Morgan fingerprint density at radius 2 is 1.78 bits per heavy atom. The molecule has 8 nitrogen and oxygen atoms in total. The van der Waals surface area contributed by atoms with Crippen molar-refractivity contribution < 1.29 is 98.1 Å². The molecule has 0 aromatic carbocycles. The minimum absolute atomic E-state index is 0. The van der Waals surface area contributed by atoms with Gasteiger partial charge in [0.1, 0.15) is 18.3 Å². The molecule has 94 valence electrons. The summed E-state index contributed by atoms with van der Waals surface area (Å²) in [6.45, 7) is 2.13. The summed E-state index contributed by atoms with van der Waals surface area (Å²) >= 11 is 0. The van der Waals surface area contributed by atoms with E-state index >= 15 is 0 Å². The van der Waals surface area contributed by atoms with Gasteiger partial charge in [-0.25, -0.2) is 0 Å². The van der Waals surface area contributed by atoms with Crippen LogP contribution in [0, 0.1) is 0 Å². The summed E-state index contributed by atoms with van der Waals surface area (Å²) in [5.74, 6) is 0. The number of aliphatic hydroxyl groups is 3. The van der Waals surface area contributed by atoms with Crippen molar-refractivity contribution in [1.29, 1.82) is 0 Å². The predicted molar refractivity (Wildman–Crippen MR) is 46.8 cm³/mol. The minimum atomic E-state index is -5.25. The summed E-state index contributed by atoms with van der Waals surface area (Å²) in [5.41, 5.74) is -0.433. The SMILES string of the molecule is C=C([C@@H](O)C=O)[C@H](O)[C@H](O)COP(=O)([O-])[O-].[Na+].[Na+]. The van der Waals surface area contributed by atoms with Gasteiger partial charge in [0.15, 0.2) is 6.29 Å². The van der Waals surface area contributed by atoms with Gasteiger partial charge in [-0.05, 0) is 5.57 Å². The van der Waals surface area contributed by atoms with E-state index in [0.29, 0.717) is 0 Å².